The van der Waals surface area contributed by atoms with Gasteiger partial charge in [0.15, 0.2) is 0 Å². The molecule has 0 unspecified atom stereocenters. The summed E-state index contributed by atoms with van der Waals surface area (Å²) in [6.45, 7) is 8.45. The van der Waals surface area contributed by atoms with E-state index in [0.29, 0.717) is 12.0 Å². The van der Waals surface area contributed by atoms with Crippen molar-refractivity contribution >= 4 is 11.9 Å². The second kappa shape index (κ2) is 10.9. The molecule has 0 aromatic carbocycles. The molecule has 0 atom stereocenters. The number of aliphatic hydroxyl groups is 1. The summed E-state index contributed by atoms with van der Waals surface area (Å²) in [6, 6.07) is 0. The van der Waals surface area contributed by atoms with Gasteiger partial charge in [-0.2, -0.15) is 0 Å². The van der Waals surface area contributed by atoms with Crippen LogP contribution in [0.2, 0.25) is 0 Å². The minimum atomic E-state index is -1.04. The van der Waals surface area contributed by atoms with E-state index in [2.05, 4.69) is 13.2 Å². The van der Waals surface area contributed by atoms with Crippen molar-refractivity contribution in [3.05, 3.63) is 24.3 Å². The molecule has 98 valence electrons. The average Bonchev–Trinajstić information content (AvgIpc) is 2.26. The molecule has 3 N–H and O–H groups in total. The van der Waals surface area contributed by atoms with Crippen LogP contribution < -0.4 is 0 Å². The Labute approximate surface area is 101 Å². The Morgan fingerprint density at radius 2 is 1.41 bits per heavy atom. The highest BCUT2D eigenvalue weighted by atomic mass is 16.4. The van der Waals surface area contributed by atoms with Crippen LogP contribution in [0, 0.1) is 0 Å². The fraction of sp³-hybridized carbons (Fsp3) is 0.500. The third-order valence-electron chi connectivity index (χ3n) is 1.85. The number of carboxylic acids is 2. The lowest BCUT2D eigenvalue weighted by Gasteiger charge is -1.95. The second-order valence-corrected chi connectivity index (χ2v) is 3.39. The van der Waals surface area contributed by atoms with E-state index in [1.807, 2.05) is 6.92 Å². The zero-order chi connectivity index (χ0) is 13.8. The molecule has 5 nitrogen and oxygen atoms in total. The number of carbonyl (C=O) groups is 2. The molecule has 0 heterocycles. The molecule has 5 heteroatoms. The summed E-state index contributed by atoms with van der Waals surface area (Å²) >= 11 is 0. The zero-order valence-corrected chi connectivity index (χ0v) is 10.1. The highest BCUT2D eigenvalue weighted by molar-refractivity contribution is 5.85. The van der Waals surface area contributed by atoms with E-state index in [-0.39, 0.29) is 18.6 Å². The lowest BCUT2D eigenvalue weighted by Crippen LogP contribution is -2.00. The first-order chi connectivity index (χ1) is 7.86. The van der Waals surface area contributed by atoms with Crippen LogP contribution in [0.3, 0.4) is 0 Å². The molecule has 0 bridgehead atoms. The highest BCUT2D eigenvalue weighted by Gasteiger charge is 2.00. The standard InChI is InChI=1S/C7H12O2.C5H8O3/c1-3-4-5-6(2)7(8)9;1-4(2-3-6)5(7)8/h2-5H2,1H3,(H,8,9);6H,1-3H2,(H,7,8). The Bertz CT molecular complexity index is 281. The average molecular weight is 244 g/mol. The molecule has 0 spiro atoms. The number of unbranched alkanes of at least 4 members (excludes halogenated alkanes) is 1. The van der Waals surface area contributed by atoms with Crippen LogP contribution in [0.25, 0.3) is 0 Å². The smallest absolute Gasteiger partial charge is 0.331 e. The molecular weight excluding hydrogens is 224 g/mol. The summed E-state index contributed by atoms with van der Waals surface area (Å²) in [5.74, 6) is -1.91. The summed E-state index contributed by atoms with van der Waals surface area (Å²) in [5, 5.41) is 24.6. The van der Waals surface area contributed by atoms with Gasteiger partial charge >= 0.3 is 11.9 Å². The van der Waals surface area contributed by atoms with Gasteiger partial charge in [0.2, 0.25) is 0 Å². The van der Waals surface area contributed by atoms with Gasteiger partial charge in [0.1, 0.15) is 0 Å². The van der Waals surface area contributed by atoms with Gasteiger partial charge in [-0.05, 0) is 12.8 Å². The van der Waals surface area contributed by atoms with E-state index >= 15 is 0 Å². The fourth-order valence-electron chi connectivity index (χ4n) is 0.739. The number of rotatable bonds is 7. The van der Waals surface area contributed by atoms with Crippen molar-refractivity contribution < 1.29 is 24.9 Å². The van der Waals surface area contributed by atoms with Gasteiger partial charge in [0.25, 0.3) is 0 Å². The minimum absolute atomic E-state index is 0.0486. The normalized spacial score (nSPS) is 8.82. The molecule has 0 rings (SSSR count). The second-order valence-electron chi connectivity index (χ2n) is 3.39. The lowest BCUT2D eigenvalue weighted by atomic mass is 10.1. The summed E-state index contributed by atoms with van der Waals surface area (Å²) in [5.41, 5.74) is 0.365. The van der Waals surface area contributed by atoms with Crippen LogP contribution in [-0.2, 0) is 9.59 Å². The van der Waals surface area contributed by atoms with E-state index in [1.165, 1.54) is 0 Å². The molecule has 0 amide bonds. The number of aliphatic carboxylic acids is 2. The lowest BCUT2D eigenvalue weighted by molar-refractivity contribution is -0.133. The Balaban J connectivity index is 0. The van der Waals surface area contributed by atoms with E-state index in [0.717, 1.165) is 12.8 Å². The monoisotopic (exact) mass is 244 g/mol. The summed E-state index contributed by atoms with van der Waals surface area (Å²) < 4.78 is 0. The van der Waals surface area contributed by atoms with Gasteiger partial charge < -0.3 is 15.3 Å². The first-order valence-electron chi connectivity index (χ1n) is 5.29. The van der Waals surface area contributed by atoms with Crippen molar-refractivity contribution in [2.24, 2.45) is 0 Å². The summed E-state index contributed by atoms with van der Waals surface area (Å²) in [6.07, 6.45) is 2.71. The largest absolute Gasteiger partial charge is 0.478 e. The quantitative estimate of drug-likeness (QED) is 0.594. The Kier molecular flexibility index (Phi) is 11.4. The van der Waals surface area contributed by atoms with E-state index in [4.69, 9.17) is 15.3 Å². The van der Waals surface area contributed by atoms with Crippen molar-refractivity contribution in [2.45, 2.75) is 32.6 Å². The Hall–Kier alpha value is -1.62. The van der Waals surface area contributed by atoms with Gasteiger partial charge in [-0.15, -0.1) is 0 Å². The third kappa shape index (κ3) is 12.3. The molecule has 0 aromatic heterocycles. The highest BCUT2D eigenvalue weighted by Crippen LogP contribution is 2.03. The number of carboxylic acid groups (broad SMARTS) is 2. The fourth-order valence-corrected chi connectivity index (χ4v) is 0.739. The van der Waals surface area contributed by atoms with E-state index in [9.17, 15) is 9.59 Å². The minimum Gasteiger partial charge on any atom is -0.478 e. The molecule has 0 radical (unpaired) electrons. The SMILES string of the molecule is C=C(CCCC)C(=O)O.C=C(CCO)C(=O)O. The van der Waals surface area contributed by atoms with Gasteiger partial charge in [0.05, 0.1) is 0 Å². The third-order valence-corrected chi connectivity index (χ3v) is 1.85. The van der Waals surface area contributed by atoms with Crippen molar-refractivity contribution in [1.29, 1.82) is 0 Å². The molecular formula is C12H20O5. The maximum absolute atomic E-state index is 10.1. The molecule has 0 aromatic rings. The first-order valence-corrected chi connectivity index (χ1v) is 5.29. The van der Waals surface area contributed by atoms with Crippen LogP contribution in [0.5, 0.6) is 0 Å². The zero-order valence-electron chi connectivity index (χ0n) is 10.1. The van der Waals surface area contributed by atoms with Gasteiger partial charge in [-0.1, -0.05) is 26.5 Å². The van der Waals surface area contributed by atoms with Crippen LogP contribution in [0.1, 0.15) is 32.6 Å². The number of aliphatic hydroxyl groups excluding tert-OH is 1. The molecule has 0 saturated carbocycles. The first kappa shape index (κ1) is 17.8. The van der Waals surface area contributed by atoms with Gasteiger partial charge in [-0.3, -0.25) is 0 Å². The molecule has 0 aliphatic heterocycles. The molecule has 0 saturated heterocycles. The number of hydrogen-bond donors (Lipinski definition) is 3. The van der Waals surface area contributed by atoms with Crippen LogP contribution in [0.4, 0.5) is 0 Å². The topological polar surface area (TPSA) is 94.8 Å². The van der Waals surface area contributed by atoms with Crippen LogP contribution >= 0.6 is 0 Å². The van der Waals surface area contributed by atoms with Crippen molar-refractivity contribution in [1.82, 2.24) is 0 Å². The Morgan fingerprint density at radius 3 is 1.65 bits per heavy atom. The number of hydrogen-bond acceptors (Lipinski definition) is 3. The maximum Gasteiger partial charge on any atom is 0.331 e. The molecule has 0 aliphatic carbocycles. The van der Waals surface area contributed by atoms with Crippen molar-refractivity contribution in [3.8, 4) is 0 Å². The predicted molar refractivity (Wildman–Crippen MR) is 64.8 cm³/mol. The van der Waals surface area contributed by atoms with Crippen LogP contribution in [0.15, 0.2) is 24.3 Å². The molecule has 0 fully saturated rings. The van der Waals surface area contributed by atoms with Crippen molar-refractivity contribution in [3.63, 3.8) is 0 Å². The maximum atomic E-state index is 10.1. The van der Waals surface area contributed by atoms with E-state index in [1.54, 1.807) is 0 Å². The van der Waals surface area contributed by atoms with Crippen molar-refractivity contribution in [2.75, 3.05) is 6.61 Å². The van der Waals surface area contributed by atoms with Crippen LogP contribution in [-0.4, -0.2) is 33.9 Å². The molecule has 0 aliphatic rings. The van der Waals surface area contributed by atoms with E-state index < -0.39 is 11.9 Å². The van der Waals surface area contributed by atoms with Gasteiger partial charge in [-0.25, -0.2) is 9.59 Å². The summed E-state index contributed by atoms with van der Waals surface area (Å²) in [4.78, 5) is 20.0. The summed E-state index contributed by atoms with van der Waals surface area (Å²) in [7, 11) is 0. The Morgan fingerprint density at radius 1 is 1.00 bits per heavy atom. The predicted octanol–water partition coefficient (Wildman–Crippen LogP) is 1.83. The van der Waals surface area contributed by atoms with Gasteiger partial charge in [0, 0.05) is 24.2 Å². The molecule has 17 heavy (non-hydrogen) atoms.